The van der Waals surface area contributed by atoms with Gasteiger partial charge in [0.2, 0.25) is 0 Å². The lowest BCUT2D eigenvalue weighted by atomic mass is 9.96. The van der Waals surface area contributed by atoms with E-state index in [1.54, 1.807) is 0 Å². The first kappa shape index (κ1) is 12.7. The van der Waals surface area contributed by atoms with Gasteiger partial charge >= 0.3 is 0 Å². The highest BCUT2D eigenvalue weighted by atomic mass is 32.2. The van der Waals surface area contributed by atoms with E-state index in [0.29, 0.717) is 4.75 Å². The highest BCUT2D eigenvalue weighted by Gasteiger charge is 2.32. The second-order valence-electron chi connectivity index (χ2n) is 4.77. The second-order valence-corrected chi connectivity index (χ2v) is 6.04. The van der Waals surface area contributed by atoms with Crippen LogP contribution in [0.4, 0.5) is 5.82 Å². The van der Waals surface area contributed by atoms with Crippen LogP contribution in [0.2, 0.25) is 0 Å². The fourth-order valence-electron chi connectivity index (χ4n) is 2.33. The van der Waals surface area contributed by atoms with Crippen LogP contribution in [0.3, 0.4) is 0 Å². The SMILES string of the molecule is CSC1(CN)CCN(c2cc(C)ccn2)CC1. The smallest absolute Gasteiger partial charge is 0.128 e. The molecular formula is C13H21N3S. The van der Waals surface area contributed by atoms with Gasteiger partial charge in [-0.15, -0.1) is 0 Å². The summed E-state index contributed by atoms with van der Waals surface area (Å²) in [5, 5.41) is 0. The van der Waals surface area contributed by atoms with Crippen molar-refractivity contribution in [2.24, 2.45) is 5.73 Å². The minimum Gasteiger partial charge on any atom is -0.357 e. The zero-order valence-corrected chi connectivity index (χ0v) is 11.5. The Labute approximate surface area is 108 Å². The monoisotopic (exact) mass is 251 g/mol. The van der Waals surface area contributed by atoms with Crippen molar-refractivity contribution < 1.29 is 0 Å². The molecule has 0 saturated carbocycles. The molecule has 2 heterocycles. The number of rotatable bonds is 3. The van der Waals surface area contributed by atoms with Crippen LogP contribution in [0.5, 0.6) is 0 Å². The maximum absolute atomic E-state index is 5.90. The zero-order valence-electron chi connectivity index (χ0n) is 10.6. The highest BCUT2D eigenvalue weighted by Crippen LogP contribution is 2.34. The van der Waals surface area contributed by atoms with Crippen molar-refractivity contribution >= 4 is 17.6 Å². The van der Waals surface area contributed by atoms with Crippen molar-refractivity contribution in [1.29, 1.82) is 0 Å². The molecule has 0 aliphatic carbocycles. The molecule has 0 spiro atoms. The van der Waals surface area contributed by atoms with Crippen LogP contribution in [0.25, 0.3) is 0 Å². The molecule has 1 aliphatic heterocycles. The molecule has 1 aromatic heterocycles. The molecule has 1 aromatic rings. The van der Waals surface area contributed by atoms with Crippen LogP contribution in [0, 0.1) is 6.92 Å². The fraction of sp³-hybridized carbons (Fsp3) is 0.615. The summed E-state index contributed by atoms with van der Waals surface area (Å²) in [6.45, 7) is 5.02. The molecule has 4 heteroatoms. The largest absolute Gasteiger partial charge is 0.357 e. The van der Waals surface area contributed by atoms with E-state index in [4.69, 9.17) is 5.73 Å². The summed E-state index contributed by atoms with van der Waals surface area (Å²) in [7, 11) is 0. The zero-order chi connectivity index (χ0) is 12.3. The summed E-state index contributed by atoms with van der Waals surface area (Å²) in [5.74, 6) is 1.11. The normalized spacial score (nSPS) is 19.4. The van der Waals surface area contributed by atoms with Crippen molar-refractivity contribution in [3.63, 3.8) is 0 Å². The van der Waals surface area contributed by atoms with E-state index in [-0.39, 0.29) is 0 Å². The van der Waals surface area contributed by atoms with Gasteiger partial charge in [-0.3, -0.25) is 0 Å². The van der Waals surface area contributed by atoms with Gasteiger partial charge in [-0.25, -0.2) is 4.98 Å². The number of aromatic nitrogens is 1. The quantitative estimate of drug-likeness (QED) is 0.893. The average Bonchev–Trinajstić information content (AvgIpc) is 2.39. The molecule has 0 aromatic carbocycles. The van der Waals surface area contributed by atoms with Crippen LogP contribution in [-0.4, -0.2) is 35.6 Å². The molecule has 0 unspecified atom stereocenters. The van der Waals surface area contributed by atoms with Crippen molar-refractivity contribution in [3.05, 3.63) is 23.9 Å². The van der Waals surface area contributed by atoms with Crippen molar-refractivity contribution in [2.75, 3.05) is 30.8 Å². The van der Waals surface area contributed by atoms with Gasteiger partial charge in [0.05, 0.1) is 0 Å². The van der Waals surface area contributed by atoms with E-state index in [0.717, 1.165) is 38.3 Å². The number of pyridine rings is 1. The topological polar surface area (TPSA) is 42.1 Å². The van der Waals surface area contributed by atoms with Crippen molar-refractivity contribution in [1.82, 2.24) is 4.98 Å². The number of piperidine rings is 1. The molecule has 1 saturated heterocycles. The van der Waals surface area contributed by atoms with E-state index < -0.39 is 0 Å². The lowest BCUT2D eigenvalue weighted by Crippen LogP contribution is -2.46. The Balaban J connectivity index is 2.04. The summed E-state index contributed by atoms with van der Waals surface area (Å²) < 4.78 is 0.292. The Morgan fingerprint density at radius 3 is 2.71 bits per heavy atom. The number of nitrogens with two attached hydrogens (primary N) is 1. The van der Waals surface area contributed by atoms with Gasteiger partial charge in [0.15, 0.2) is 0 Å². The Bertz CT molecular complexity index is 367. The van der Waals surface area contributed by atoms with Crippen LogP contribution in [0.1, 0.15) is 18.4 Å². The Morgan fingerprint density at radius 1 is 1.47 bits per heavy atom. The molecule has 2 rings (SSSR count). The number of aryl methyl sites for hydroxylation is 1. The predicted octanol–water partition coefficient (Wildman–Crippen LogP) is 2.05. The first-order chi connectivity index (χ1) is 8.19. The van der Waals surface area contributed by atoms with Crippen LogP contribution in [-0.2, 0) is 0 Å². The lowest BCUT2D eigenvalue weighted by molar-refractivity contribution is 0.455. The van der Waals surface area contributed by atoms with Crippen molar-refractivity contribution in [3.8, 4) is 0 Å². The number of hydrogen-bond acceptors (Lipinski definition) is 4. The predicted molar refractivity (Wildman–Crippen MR) is 75.7 cm³/mol. The maximum Gasteiger partial charge on any atom is 0.128 e. The van der Waals surface area contributed by atoms with Crippen LogP contribution >= 0.6 is 11.8 Å². The molecular weight excluding hydrogens is 230 g/mol. The third kappa shape index (κ3) is 2.75. The summed E-state index contributed by atoms with van der Waals surface area (Å²) in [4.78, 5) is 6.82. The van der Waals surface area contributed by atoms with Gasteiger partial charge in [0.25, 0.3) is 0 Å². The van der Waals surface area contributed by atoms with E-state index in [2.05, 4.69) is 29.1 Å². The third-order valence-corrected chi connectivity index (χ3v) is 5.15. The standard InChI is InChI=1S/C13H21N3S/c1-11-3-6-15-12(9-11)16-7-4-13(10-14,17-2)5-8-16/h3,6,9H,4-5,7-8,10,14H2,1-2H3. The van der Waals surface area contributed by atoms with E-state index in [1.807, 2.05) is 24.0 Å². The molecule has 3 nitrogen and oxygen atoms in total. The lowest BCUT2D eigenvalue weighted by Gasteiger charge is -2.40. The molecule has 17 heavy (non-hydrogen) atoms. The van der Waals surface area contributed by atoms with Gasteiger partial charge in [-0.05, 0) is 43.7 Å². The Kier molecular flexibility index (Phi) is 3.94. The number of thioether (sulfide) groups is 1. The maximum atomic E-state index is 5.90. The summed E-state index contributed by atoms with van der Waals surface area (Å²) >= 11 is 1.92. The fourth-order valence-corrected chi connectivity index (χ4v) is 3.09. The number of hydrogen-bond donors (Lipinski definition) is 1. The van der Waals surface area contributed by atoms with E-state index >= 15 is 0 Å². The Morgan fingerprint density at radius 2 is 2.18 bits per heavy atom. The minimum absolute atomic E-state index is 0.292. The van der Waals surface area contributed by atoms with Crippen molar-refractivity contribution in [2.45, 2.75) is 24.5 Å². The van der Waals surface area contributed by atoms with Crippen LogP contribution < -0.4 is 10.6 Å². The second kappa shape index (κ2) is 5.27. The average molecular weight is 251 g/mol. The Hall–Kier alpha value is -0.740. The molecule has 2 N–H and O–H groups in total. The van der Waals surface area contributed by atoms with E-state index in [1.165, 1.54) is 5.56 Å². The van der Waals surface area contributed by atoms with Gasteiger partial charge in [-0.1, -0.05) is 0 Å². The van der Waals surface area contributed by atoms with Gasteiger partial charge in [0.1, 0.15) is 5.82 Å². The molecule has 0 atom stereocenters. The molecule has 94 valence electrons. The van der Waals surface area contributed by atoms with Crippen LogP contribution in [0.15, 0.2) is 18.3 Å². The number of anilines is 1. The molecule has 0 radical (unpaired) electrons. The minimum atomic E-state index is 0.292. The van der Waals surface area contributed by atoms with E-state index in [9.17, 15) is 0 Å². The van der Waals surface area contributed by atoms with Gasteiger partial charge in [0, 0.05) is 30.6 Å². The van der Waals surface area contributed by atoms with Gasteiger partial charge in [-0.2, -0.15) is 11.8 Å². The summed E-state index contributed by atoms with van der Waals surface area (Å²) in [6.07, 6.45) is 6.37. The van der Waals surface area contributed by atoms with Gasteiger partial charge < -0.3 is 10.6 Å². The first-order valence-electron chi connectivity index (χ1n) is 6.12. The molecule has 1 aliphatic rings. The number of nitrogens with zero attached hydrogens (tertiary/aromatic N) is 2. The summed E-state index contributed by atoms with van der Waals surface area (Å²) in [5.41, 5.74) is 7.18. The first-order valence-corrected chi connectivity index (χ1v) is 7.34. The molecule has 0 amide bonds. The molecule has 1 fully saturated rings. The molecule has 0 bridgehead atoms. The highest BCUT2D eigenvalue weighted by molar-refractivity contribution is 8.00. The summed E-state index contributed by atoms with van der Waals surface area (Å²) in [6, 6.07) is 4.20. The third-order valence-electron chi connectivity index (χ3n) is 3.70.